The van der Waals surface area contributed by atoms with Gasteiger partial charge in [-0.2, -0.15) is 0 Å². The highest BCUT2D eigenvalue weighted by molar-refractivity contribution is 9.11. The second kappa shape index (κ2) is 7.90. The Morgan fingerprint density at radius 3 is 2.70 bits per heavy atom. The molecule has 1 aromatic heterocycles. The molecule has 0 saturated carbocycles. The quantitative estimate of drug-likeness (QED) is 0.841. The van der Waals surface area contributed by atoms with E-state index in [4.69, 9.17) is 10.5 Å². The van der Waals surface area contributed by atoms with Crippen LogP contribution in [-0.2, 0) is 4.74 Å². The van der Waals surface area contributed by atoms with Crippen LogP contribution in [-0.4, -0.2) is 37.7 Å². The highest BCUT2D eigenvalue weighted by Gasteiger charge is 2.27. The highest BCUT2D eigenvalue weighted by Crippen LogP contribution is 2.33. The first kappa shape index (κ1) is 16.4. The van der Waals surface area contributed by atoms with Crippen LogP contribution in [0.5, 0.6) is 0 Å². The lowest BCUT2D eigenvalue weighted by Crippen LogP contribution is -2.41. The number of likely N-dealkylation sites (N-methyl/N-ethyl adjacent to an activating group) is 1. The van der Waals surface area contributed by atoms with Crippen molar-refractivity contribution in [1.82, 2.24) is 4.90 Å². The standard InChI is InChI=1S/C15H25BrN2OS/c1-3-12(17)15(13-4-5-14(16)20-13)18(2)10-11-6-8-19-9-7-11/h4-5,11-12,15H,3,6-10,17H2,1-2H3. The Labute approximate surface area is 134 Å². The van der Waals surface area contributed by atoms with Crippen molar-refractivity contribution < 1.29 is 4.74 Å². The fraction of sp³-hybridized carbons (Fsp3) is 0.733. The molecule has 0 aromatic carbocycles. The van der Waals surface area contributed by atoms with Crippen molar-refractivity contribution in [3.8, 4) is 0 Å². The third kappa shape index (κ3) is 4.28. The molecule has 114 valence electrons. The maximum Gasteiger partial charge on any atom is 0.0702 e. The minimum absolute atomic E-state index is 0.186. The van der Waals surface area contributed by atoms with Gasteiger partial charge in [-0.05, 0) is 60.3 Å². The minimum atomic E-state index is 0.186. The first-order chi connectivity index (χ1) is 9.61. The molecule has 1 aromatic rings. The van der Waals surface area contributed by atoms with Crippen molar-refractivity contribution in [2.24, 2.45) is 11.7 Å². The predicted molar refractivity (Wildman–Crippen MR) is 89.2 cm³/mol. The van der Waals surface area contributed by atoms with Crippen molar-refractivity contribution in [3.63, 3.8) is 0 Å². The van der Waals surface area contributed by atoms with Crippen LogP contribution >= 0.6 is 27.3 Å². The van der Waals surface area contributed by atoms with Gasteiger partial charge in [0.05, 0.1) is 9.83 Å². The van der Waals surface area contributed by atoms with Gasteiger partial charge >= 0.3 is 0 Å². The number of hydrogen-bond acceptors (Lipinski definition) is 4. The van der Waals surface area contributed by atoms with Crippen LogP contribution in [0.3, 0.4) is 0 Å². The normalized spacial score (nSPS) is 20.2. The van der Waals surface area contributed by atoms with Crippen LogP contribution < -0.4 is 5.73 Å². The van der Waals surface area contributed by atoms with E-state index < -0.39 is 0 Å². The molecule has 0 bridgehead atoms. The summed E-state index contributed by atoms with van der Waals surface area (Å²) in [6, 6.07) is 4.83. The van der Waals surface area contributed by atoms with Crippen LogP contribution in [0, 0.1) is 5.92 Å². The van der Waals surface area contributed by atoms with Gasteiger partial charge in [0.25, 0.3) is 0 Å². The monoisotopic (exact) mass is 360 g/mol. The van der Waals surface area contributed by atoms with Crippen molar-refractivity contribution in [3.05, 3.63) is 20.8 Å². The van der Waals surface area contributed by atoms with E-state index in [1.165, 1.54) is 21.5 Å². The fourth-order valence-corrected chi connectivity index (χ4v) is 4.58. The molecule has 1 aliphatic heterocycles. The highest BCUT2D eigenvalue weighted by atomic mass is 79.9. The van der Waals surface area contributed by atoms with Gasteiger partial charge in [-0.15, -0.1) is 11.3 Å². The lowest BCUT2D eigenvalue weighted by molar-refractivity contribution is 0.0484. The van der Waals surface area contributed by atoms with Gasteiger partial charge < -0.3 is 10.5 Å². The van der Waals surface area contributed by atoms with Crippen LogP contribution in [0.2, 0.25) is 0 Å². The third-order valence-electron chi connectivity index (χ3n) is 4.12. The third-order valence-corrected chi connectivity index (χ3v) is 5.82. The van der Waals surface area contributed by atoms with Gasteiger partial charge in [-0.1, -0.05) is 6.92 Å². The SMILES string of the molecule is CCC(N)C(c1ccc(Br)s1)N(C)CC1CCOCC1. The van der Waals surface area contributed by atoms with E-state index in [2.05, 4.69) is 46.9 Å². The summed E-state index contributed by atoms with van der Waals surface area (Å²) in [5.41, 5.74) is 6.39. The van der Waals surface area contributed by atoms with E-state index in [0.29, 0.717) is 6.04 Å². The average molecular weight is 361 g/mol. The summed E-state index contributed by atoms with van der Waals surface area (Å²) in [6.07, 6.45) is 3.34. The molecule has 1 saturated heterocycles. The number of halogens is 1. The molecule has 1 fully saturated rings. The van der Waals surface area contributed by atoms with E-state index in [9.17, 15) is 0 Å². The van der Waals surface area contributed by atoms with E-state index in [1.807, 2.05) is 0 Å². The Kier molecular flexibility index (Phi) is 6.49. The minimum Gasteiger partial charge on any atom is -0.381 e. The van der Waals surface area contributed by atoms with E-state index in [0.717, 1.165) is 32.1 Å². The summed E-state index contributed by atoms with van der Waals surface area (Å²) in [7, 11) is 2.21. The van der Waals surface area contributed by atoms with Crippen molar-refractivity contribution in [2.45, 2.75) is 38.3 Å². The Morgan fingerprint density at radius 2 is 2.15 bits per heavy atom. The summed E-state index contributed by atoms with van der Waals surface area (Å²) in [4.78, 5) is 3.81. The van der Waals surface area contributed by atoms with Gasteiger partial charge in [0.15, 0.2) is 0 Å². The van der Waals surface area contributed by atoms with Gasteiger partial charge in [0.2, 0.25) is 0 Å². The second-order valence-electron chi connectivity index (χ2n) is 5.65. The molecule has 1 aliphatic rings. The van der Waals surface area contributed by atoms with Gasteiger partial charge in [-0.25, -0.2) is 0 Å². The first-order valence-electron chi connectivity index (χ1n) is 7.40. The summed E-state index contributed by atoms with van der Waals surface area (Å²) < 4.78 is 6.63. The van der Waals surface area contributed by atoms with Crippen molar-refractivity contribution >= 4 is 27.3 Å². The molecule has 2 heterocycles. The number of nitrogens with two attached hydrogens (primary N) is 1. The maximum atomic E-state index is 6.39. The lowest BCUT2D eigenvalue weighted by atomic mass is 9.97. The Bertz CT molecular complexity index is 406. The zero-order chi connectivity index (χ0) is 14.5. The number of hydrogen-bond donors (Lipinski definition) is 1. The van der Waals surface area contributed by atoms with Crippen LogP contribution in [0.4, 0.5) is 0 Å². The molecule has 20 heavy (non-hydrogen) atoms. The molecule has 0 aliphatic carbocycles. The molecule has 5 heteroatoms. The molecular formula is C15H25BrN2OS. The van der Waals surface area contributed by atoms with Gasteiger partial charge in [0, 0.05) is 30.7 Å². The molecule has 2 atom stereocenters. The molecule has 0 radical (unpaired) electrons. The smallest absolute Gasteiger partial charge is 0.0702 e. The molecule has 2 rings (SSSR count). The van der Waals surface area contributed by atoms with E-state index in [1.54, 1.807) is 11.3 Å². The topological polar surface area (TPSA) is 38.5 Å². The predicted octanol–water partition coefficient (Wildman–Crippen LogP) is 3.65. The number of rotatable bonds is 6. The molecular weight excluding hydrogens is 336 g/mol. The summed E-state index contributed by atoms with van der Waals surface area (Å²) in [6.45, 7) is 5.10. The zero-order valence-electron chi connectivity index (χ0n) is 12.3. The average Bonchev–Trinajstić information content (AvgIpc) is 2.86. The Hall–Kier alpha value is 0.0600. The molecule has 0 amide bonds. The molecule has 3 nitrogen and oxygen atoms in total. The molecule has 2 unspecified atom stereocenters. The maximum absolute atomic E-state index is 6.39. The van der Waals surface area contributed by atoms with Gasteiger partial charge in [0.1, 0.15) is 0 Å². The Balaban J connectivity index is 2.05. The van der Waals surface area contributed by atoms with E-state index >= 15 is 0 Å². The van der Waals surface area contributed by atoms with Crippen molar-refractivity contribution in [1.29, 1.82) is 0 Å². The molecule has 0 spiro atoms. The summed E-state index contributed by atoms with van der Waals surface area (Å²) in [5, 5.41) is 0. The van der Waals surface area contributed by atoms with Crippen LogP contribution in [0.1, 0.15) is 37.1 Å². The van der Waals surface area contributed by atoms with Crippen LogP contribution in [0.15, 0.2) is 15.9 Å². The number of thiophene rings is 1. The summed E-state index contributed by atoms with van der Waals surface area (Å²) >= 11 is 5.36. The van der Waals surface area contributed by atoms with E-state index in [-0.39, 0.29) is 6.04 Å². The largest absolute Gasteiger partial charge is 0.381 e. The fourth-order valence-electron chi connectivity index (χ4n) is 2.92. The second-order valence-corrected chi connectivity index (χ2v) is 8.15. The number of ether oxygens (including phenoxy) is 1. The first-order valence-corrected chi connectivity index (χ1v) is 9.01. The lowest BCUT2D eigenvalue weighted by Gasteiger charge is -2.35. The van der Waals surface area contributed by atoms with Crippen LogP contribution in [0.25, 0.3) is 0 Å². The summed E-state index contributed by atoms with van der Waals surface area (Å²) in [5.74, 6) is 0.740. The molecule has 2 N–H and O–H groups in total. The number of nitrogens with zero attached hydrogens (tertiary/aromatic N) is 1. The van der Waals surface area contributed by atoms with Gasteiger partial charge in [-0.3, -0.25) is 4.90 Å². The van der Waals surface area contributed by atoms with Crippen molar-refractivity contribution in [2.75, 3.05) is 26.8 Å². The zero-order valence-corrected chi connectivity index (χ0v) is 14.8. The Morgan fingerprint density at radius 1 is 1.45 bits per heavy atom.